The van der Waals surface area contributed by atoms with Crippen LogP contribution in [0.15, 0.2) is 59.8 Å². The van der Waals surface area contributed by atoms with E-state index in [2.05, 4.69) is 5.32 Å². The van der Waals surface area contributed by atoms with Gasteiger partial charge in [-0.2, -0.15) is 0 Å². The highest BCUT2D eigenvalue weighted by Gasteiger charge is 2.37. The highest BCUT2D eigenvalue weighted by atomic mass is 35.5. The first-order valence-electron chi connectivity index (χ1n) is 8.99. The third-order valence-electron chi connectivity index (χ3n) is 4.43. The van der Waals surface area contributed by atoms with E-state index in [0.717, 1.165) is 0 Å². The molecular weight excluding hydrogens is 399 g/mol. The SMILES string of the molecule is CCOC(=O)C1=C(COc2cccc(Cl)c2)N(C)C(=O)N[C@@H]1c1cccc(F)c1. The molecule has 1 heterocycles. The van der Waals surface area contributed by atoms with E-state index in [0.29, 0.717) is 22.0 Å². The van der Waals surface area contributed by atoms with Gasteiger partial charge in [0.1, 0.15) is 18.2 Å². The Labute approximate surface area is 172 Å². The average molecular weight is 419 g/mol. The molecule has 8 heteroatoms. The molecule has 152 valence electrons. The number of nitrogens with one attached hydrogen (secondary N) is 1. The van der Waals surface area contributed by atoms with Crippen molar-refractivity contribution in [3.05, 3.63) is 76.2 Å². The first-order chi connectivity index (χ1) is 13.9. The topological polar surface area (TPSA) is 67.9 Å². The van der Waals surface area contributed by atoms with Crippen molar-refractivity contribution in [3.8, 4) is 5.75 Å². The minimum Gasteiger partial charge on any atom is -0.487 e. The van der Waals surface area contributed by atoms with Gasteiger partial charge in [0.15, 0.2) is 0 Å². The number of hydrogen-bond donors (Lipinski definition) is 1. The third kappa shape index (κ3) is 4.68. The summed E-state index contributed by atoms with van der Waals surface area (Å²) < 4.78 is 24.8. The van der Waals surface area contributed by atoms with Crippen molar-refractivity contribution in [3.63, 3.8) is 0 Å². The van der Waals surface area contributed by atoms with E-state index < -0.39 is 23.9 Å². The lowest BCUT2D eigenvalue weighted by Gasteiger charge is -2.34. The van der Waals surface area contributed by atoms with Crippen molar-refractivity contribution in [2.45, 2.75) is 13.0 Å². The van der Waals surface area contributed by atoms with Crippen LogP contribution in [0.3, 0.4) is 0 Å². The molecule has 2 aromatic rings. The predicted molar refractivity (Wildman–Crippen MR) is 106 cm³/mol. The number of rotatable bonds is 6. The molecule has 3 rings (SSSR count). The molecule has 0 aliphatic carbocycles. The Morgan fingerprint density at radius 3 is 2.69 bits per heavy atom. The molecule has 6 nitrogen and oxygen atoms in total. The molecule has 0 unspecified atom stereocenters. The van der Waals surface area contributed by atoms with Gasteiger partial charge in [0.05, 0.1) is 23.9 Å². The number of halogens is 2. The Kier molecular flexibility index (Phi) is 6.39. The number of benzene rings is 2. The minimum atomic E-state index is -0.869. The van der Waals surface area contributed by atoms with Gasteiger partial charge >= 0.3 is 12.0 Å². The van der Waals surface area contributed by atoms with Gasteiger partial charge in [-0.1, -0.05) is 29.8 Å². The lowest BCUT2D eigenvalue weighted by Crippen LogP contribution is -2.48. The van der Waals surface area contributed by atoms with Crippen LogP contribution in [0.25, 0.3) is 0 Å². The number of esters is 1. The van der Waals surface area contributed by atoms with Crippen molar-refractivity contribution in [1.82, 2.24) is 10.2 Å². The second kappa shape index (κ2) is 8.96. The maximum Gasteiger partial charge on any atom is 0.338 e. The van der Waals surface area contributed by atoms with Crippen molar-refractivity contribution in [2.75, 3.05) is 20.3 Å². The summed E-state index contributed by atoms with van der Waals surface area (Å²) in [6.07, 6.45) is 0. The number of likely N-dealkylation sites (N-methyl/N-ethyl adjacent to an activating group) is 1. The molecule has 1 atom stereocenters. The van der Waals surface area contributed by atoms with E-state index in [1.54, 1.807) is 37.3 Å². The molecule has 0 radical (unpaired) electrons. The van der Waals surface area contributed by atoms with Crippen LogP contribution in [0.4, 0.5) is 9.18 Å². The fraction of sp³-hybridized carbons (Fsp3) is 0.238. The summed E-state index contributed by atoms with van der Waals surface area (Å²) in [5.41, 5.74) is 0.928. The molecule has 2 aromatic carbocycles. The van der Waals surface area contributed by atoms with Crippen LogP contribution in [0.5, 0.6) is 5.75 Å². The second-order valence-corrected chi connectivity index (χ2v) is 6.76. The highest BCUT2D eigenvalue weighted by Crippen LogP contribution is 2.32. The van der Waals surface area contributed by atoms with Gasteiger partial charge in [-0.15, -0.1) is 0 Å². The quantitative estimate of drug-likeness (QED) is 0.718. The summed E-state index contributed by atoms with van der Waals surface area (Å²) in [5.74, 6) is -0.608. The standard InChI is InChI=1S/C21H20ClFN2O4/c1-3-28-20(26)18-17(12-29-16-9-5-7-14(22)11-16)25(2)21(27)24-19(18)13-6-4-8-15(23)10-13/h4-11,19H,3,12H2,1-2H3,(H,24,27)/t19-/m1/s1. The van der Waals surface area contributed by atoms with E-state index in [1.807, 2.05) is 0 Å². The number of nitrogens with zero attached hydrogens (tertiary/aromatic N) is 1. The Balaban J connectivity index is 2.03. The first-order valence-corrected chi connectivity index (χ1v) is 9.36. The summed E-state index contributed by atoms with van der Waals surface area (Å²) >= 11 is 5.98. The fourth-order valence-corrected chi connectivity index (χ4v) is 3.21. The number of urea groups is 1. The largest absolute Gasteiger partial charge is 0.487 e. The lowest BCUT2D eigenvalue weighted by atomic mass is 9.94. The zero-order valence-electron chi connectivity index (χ0n) is 15.9. The molecule has 1 N–H and O–H groups in total. The summed E-state index contributed by atoms with van der Waals surface area (Å²) in [5, 5.41) is 3.22. The average Bonchev–Trinajstić information content (AvgIpc) is 2.69. The molecule has 29 heavy (non-hydrogen) atoms. The molecule has 0 spiro atoms. The summed E-state index contributed by atoms with van der Waals surface area (Å²) in [6, 6.07) is 11.2. The maximum atomic E-state index is 13.8. The van der Waals surface area contributed by atoms with Gasteiger partial charge in [0.25, 0.3) is 0 Å². The van der Waals surface area contributed by atoms with Crippen LogP contribution >= 0.6 is 11.6 Å². The highest BCUT2D eigenvalue weighted by molar-refractivity contribution is 6.30. The molecular formula is C21H20ClFN2O4. The third-order valence-corrected chi connectivity index (χ3v) is 4.66. The van der Waals surface area contributed by atoms with Gasteiger partial charge in [0, 0.05) is 12.1 Å². The van der Waals surface area contributed by atoms with Crippen LogP contribution in [0.2, 0.25) is 5.02 Å². The minimum absolute atomic E-state index is 0.0791. The number of amides is 2. The normalized spacial score (nSPS) is 16.5. The molecule has 0 fully saturated rings. The van der Waals surface area contributed by atoms with E-state index in [9.17, 15) is 14.0 Å². The van der Waals surface area contributed by atoms with Crippen molar-refractivity contribution in [2.24, 2.45) is 0 Å². The summed E-state index contributed by atoms with van der Waals surface area (Å²) in [4.78, 5) is 26.6. The Bertz CT molecular complexity index is 963. The van der Waals surface area contributed by atoms with Gasteiger partial charge in [-0.25, -0.2) is 14.0 Å². The summed E-state index contributed by atoms with van der Waals surface area (Å²) in [7, 11) is 1.52. The molecule has 1 aliphatic heterocycles. The van der Waals surface area contributed by atoms with Gasteiger partial charge < -0.3 is 14.8 Å². The number of ether oxygens (including phenoxy) is 2. The van der Waals surface area contributed by atoms with Crippen LogP contribution in [-0.4, -0.2) is 37.2 Å². The van der Waals surface area contributed by atoms with Gasteiger partial charge in [0.2, 0.25) is 0 Å². The van der Waals surface area contributed by atoms with E-state index >= 15 is 0 Å². The zero-order chi connectivity index (χ0) is 21.0. The van der Waals surface area contributed by atoms with Crippen LogP contribution in [-0.2, 0) is 9.53 Å². The maximum absolute atomic E-state index is 13.8. The number of carbonyl (C=O) groups is 2. The van der Waals surface area contributed by atoms with E-state index in [4.69, 9.17) is 21.1 Å². The van der Waals surface area contributed by atoms with Crippen LogP contribution in [0, 0.1) is 5.82 Å². The van der Waals surface area contributed by atoms with Gasteiger partial charge in [-0.05, 0) is 42.8 Å². The molecule has 1 aliphatic rings. The molecule has 0 bridgehead atoms. The Morgan fingerprint density at radius 2 is 2.00 bits per heavy atom. The van der Waals surface area contributed by atoms with Crippen molar-refractivity contribution in [1.29, 1.82) is 0 Å². The second-order valence-electron chi connectivity index (χ2n) is 6.32. The zero-order valence-corrected chi connectivity index (χ0v) is 16.7. The molecule has 0 saturated heterocycles. The van der Waals surface area contributed by atoms with E-state index in [1.165, 1.54) is 30.1 Å². The lowest BCUT2D eigenvalue weighted by molar-refractivity contribution is -0.139. The first kappa shape index (κ1) is 20.7. The fourth-order valence-electron chi connectivity index (χ4n) is 3.03. The Hall–Kier alpha value is -3.06. The van der Waals surface area contributed by atoms with Crippen molar-refractivity contribution >= 4 is 23.6 Å². The Morgan fingerprint density at radius 1 is 1.24 bits per heavy atom. The van der Waals surface area contributed by atoms with Crippen LogP contribution < -0.4 is 10.1 Å². The summed E-state index contributed by atoms with van der Waals surface area (Å²) in [6.45, 7) is 1.76. The van der Waals surface area contributed by atoms with Gasteiger partial charge in [-0.3, -0.25) is 4.90 Å². The monoisotopic (exact) mass is 418 g/mol. The predicted octanol–water partition coefficient (Wildman–Crippen LogP) is 4.07. The number of hydrogen-bond acceptors (Lipinski definition) is 4. The van der Waals surface area contributed by atoms with E-state index in [-0.39, 0.29) is 18.8 Å². The molecule has 2 amide bonds. The molecule has 0 saturated carbocycles. The number of carbonyl (C=O) groups excluding carboxylic acids is 2. The van der Waals surface area contributed by atoms with Crippen LogP contribution in [0.1, 0.15) is 18.5 Å². The molecule has 0 aromatic heterocycles. The van der Waals surface area contributed by atoms with Crippen molar-refractivity contribution < 1.29 is 23.5 Å². The smallest absolute Gasteiger partial charge is 0.338 e.